The van der Waals surface area contributed by atoms with Gasteiger partial charge in [-0.05, 0) is 36.4 Å². The molecule has 1 aromatic heterocycles. The van der Waals surface area contributed by atoms with Crippen LogP contribution in [0.3, 0.4) is 0 Å². The number of aromatic nitrogens is 1. The number of pyridine rings is 1. The molecule has 0 aliphatic rings. The number of phenolic OH excluding ortho intramolecular Hbond substituents is 1. The highest BCUT2D eigenvalue weighted by Gasteiger charge is 2.14. The van der Waals surface area contributed by atoms with Gasteiger partial charge < -0.3 is 10.4 Å². The van der Waals surface area contributed by atoms with Crippen LogP contribution in [0.4, 0.5) is 11.4 Å². The molecular formula is C20H11Cl2N3O. The number of rotatable bonds is 2. The number of halogens is 2. The summed E-state index contributed by atoms with van der Waals surface area (Å²) < 4.78 is 0. The Morgan fingerprint density at radius 1 is 1.00 bits per heavy atom. The Bertz CT molecular complexity index is 1220. The van der Waals surface area contributed by atoms with Crippen LogP contribution in [0.2, 0.25) is 10.0 Å². The number of nitrogens with one attached hydrogen (secondary N) is 1. The lowest BCUT2D eigenvalue weighted by Gasteiger charge is -2.14. The average molecular weight is 380 g/mol. The van der Waals surface area contributed by atoms with Crippen LogP contribution in [0.15, 0.2) is 54.7 Å². The summed E-state index contributed by atoms with van der Waals surface area (Å²) in [6.07, 6.45) is 1.51. The second-order valence-corrected chi connectivity index (χ2v) is 6.59. The molecule has 0 amide bonds. The van der Waals surface area contributed by atoms with Gasteiger partial charge in [-0.3, -0.25) is 4.98 Å². The summed E-state index contributed by atoms with van der Waals surface area (Å²) in [4.78, 5) is 4.43. The Morgan fingerprint density at radius 3 is 2.58 bits per heavy atom. The third-order valence-electron chi connectivity index (χ3n) is 4.18. The Balaban J connectivity index is 1.99. The molecule has 0 atom stereocenters. The Kier molecular flexibility index (Phi) is 4.04. The van der Waals surface area contributed by atoms with Gasteiger partial charge in [0.15, 0.2) is 0 Å². The maximum Gasteiger partial charge on any atom is 0.123 e. The van der Waals surface area contributed by atoms with Gasteiger partial charge in [-0.2, -0.15) is 5.26 Å². The first-order valence-electron chi connectivity index (χ1n) is 7.74. The van der Waals surface area contributed by atoms with E-state index >= 15 is 0 Å². The molecular weight excluding hydrogens is 369 g/mol. The summed E-state index contributed by atoms with van der Waals surface area (Å²) in [7, 11) is 0. The maximum absolute atomic E-state index is 10.1. The zero-order chi connectivity index (χ0) is 18.3. The van der Waals surface area contributed by atoms with Crippen molar-refractivity contribution in [3.8, 4) is 11.8 Å². The summed E-state index contributed by atoms with van der Waals surface area (Å²) in [5.74, 6) is 0.186. The first-order valence-corrected chi connectivity index (χ1v) is 8.49. The predicted molar refractivity (Wildman–Crippen MR) is 105 cm³/mol. The topological polar surface area (TPSA) is 68.9 Å². The summed E-state index contributed by atoms with van der Waals surface area (Å²) in [6.45, 7) is 0. The number of phenols is 1. The number of benzene rings is 3. The predicted octanol–water partition coefficient (Wildman–Crippen LogP) is 6.02. The zero-order valence-electron chi connectivity index (χ0n) is 13.3. The first-order chi connectivity index (χ1) is 12.6. The van der Waals surface area contributed by atoms with E-state index in [1.54, 1.807) is 30.3 Å². The minimum Gasteiger partial charge on any atom is -0.507 e. The fourth-order valence-corrected chi connectivity index (χ4v) is 3.41. The summed E-state index contributed by atoms with van der Waals surface area (Å²) >= 11 is 12.2. The van der Waals surface area contributed by atoms with Crippen molar-refractivity contribution in [3.05, 3.63) is 70.3 Å². The van der Waals surface area contributed by atoms with Crippen LogP contribution in [-0.2, 0) is 0 Å². The molecule has 0 saturated carbocycles. The largest absolute Gasteiger partial charge is 0.507 e. The third-order valence-corrected chi connectivity index (χ3v) is 4.73. The van der Waals surface area contributed by atoms with Gasteiger partial charge >= 0.3 is 0 Å². The minimum atomic E-state index is 0.186. The summed E-state index contributed by atoms with van der Waals surface area (Å²) in [5, 5.41) is 26.0. The van der Waals surface area contributed by atoms with E-state index in [9.17, 15) is 10.4 Å². The van der Waals surface area contributed by atoms with E-state index in [1.807, 2.05) is 18.2 Å². The summed E-state index contributed by atoms with van der Waals surface area (Å²) in [6, 6.07) is 16.2. The number of fused-ring (bicyclic) bond motifs is 3. The van der Waals surface area contributed by atoms with Gasteiger partial charge in [0.25, 0.3) is 0 Å². The van der Waals surface area contributed by atoms with Crippen LogP contribution in [-0.4, -0.2) is 10.1 Å². The van der Waals surface area contributed by atoms with Crippen molar-refractivity contribution >= 4 is 56.3 Å². The van der Waals surface area contributed by atoms with E-state index in [0.29, 0.717) is 37.9 Å². The molecule has 126 valence electrons. The molecule has 2 N–H and O–H groups in total. The van der Waals surface area contributed by atoms with E-state index < -0.39 is 0 Å². The molecule has 0 fully saturated rings. The lowest BCUT2D eigenvalue weighted by Crippen LogP contribution is -1.98. The van der Waals surface area contributed by atoms with Crippen LogP contribution in [0.1, 0.15) is 5.56 Å². The molecule has 4 rings (SSSR count). The number of anilines is 2. The highest BCUT2D eigenvalue weighted by Crippen LogP contribution is 2.37. The van der Waals surface area contributed by atoms with E-state index in [-0.39, 0.29) is 5.75 Å². The maximum atomic E-state index is 10.1. The van der Waals surface area contributed by atoms with Gasteiger partial charge in [0.2, 0.25) is 0 Å². The van der Waals surface area contributed by atoms with Crippen molar-refractivity contribution in [1.82, 2.24) is 4.98 Å². The SMILES string of the molecule is N#Cc1cnc2c(ccc3c(O)cccc32)c1Nc1ccc(Cl)cc1Cl. The number of nitriles is 1. The first kappa shape index (κ1) is 16.5. The van der Waals surface area contributed by atoms with Crippen LogP contribution < -0.4 is 5.32 Å². The lowest BCUT2D eigenvalue weighted by atomic mass is 10.0. The molecule has 3 aromatic carbocycles. The standard InChI is InChI=1S/C20H11Cl2N3O/c21-12-4-7-17(16(22)8-12)25-19-11(9-23)10-24-20-14-2-1-3-18(26)13(14)5-6-15(19)20/h1-8,10,26H,(H,24,25). The second kappa shape index (κ2) is 6.38. The van der Waals surface area contributed by atoms with Crippen molar-refractivity contribution < 1.29 is 5.11 Å². The smallest absolute Gasteiger partial charge is 0.123 e. The molecule has 0 aliphatic heterocycles. The lowest BCUT2D eigenvalue weighted by molar-refractivity contribution is 0.481. The number of hydrogen-bond acceptors (Lipinski definition) is 4. The van der Waals surface area contributed by atoms with Crippen LogP contribution in [0.25, 0.3) is 21.7 Å². The Labute approximate surface area is 159 Å². The molecule has 0 saturated heterocycles. The van der Waals surface area contributed by atoms with Crippen molar-refractivity contribution in [2.45, 2.75) is 0 Å². The molecule has 0 radical (unpaired) electrons. The van der Waals surface area contributed by atoms with E-state index in [0.717, 1.165) is 10.8 Å². The van der Waals surface area contributed by atoms with Crippen LogP contribution in [0, 0.1) is 11.3 Å². The summed E-state index contributed by atoms with van der Waals surface area (Å²) in [5.41, 5.74) is 2.32. The van der Waals surface area contributed by atoms with Gasteiger partial charge in [0.1, 0.15) is 11.8 Å². The van der Waals surface area contributed by atoms with Gasteiger partial charge in [0.05, 0.1) is 27.5 Å². The van der Waals surface area contributed by atoms with E-state index in [4.69, 9.17) is 23.2 Å². The monoisotopic (exact) mass is 379 g/mol. The van der Waals surface area contributed by atoms with Crippen LogP contribution in [0.5, 0.6) is 5.75 Å². The Hall–Kier alpha value is -3.00. The highest BCUT2D eigenvalue weighted by molar-refractivity contribution is 6.36. The van der Waals surface area contributed by atoms with Gasteiger partial charge in [-0.1, -0.05) is 35.3 Å². The Morgan fingerprint density at radius 2 is 1.81 bits per heavy atom. The van der Waals surface area contributed by atoms with E-state index in [2.05, 4.69) is 16.4 Å². The third kappa shape index (κ3) is 2.68. The van der Waals surface area contributed by atoms with Gasteiger partial charge in [-0.25, -0.2) is 0 Å². The van der Waals surface area contributed by atoms with Crippen LogP contribution >= 0.6 is 23.2 Å². The quantitative estimate of drug-likeness (QED) is 0.418. The number of hydrogen-bond donors (Lipinski definition) is 2. The molecule has 0 unspecified atom stereocenters. The number of aromatic hydroxyl groups is 1. The molecule has 4 nitrogen and oxygen atoms in total. The van der Waals surface area contributed by atoms with E-state index in [1.165, 1.54) is 6.20 Å². The van der Waals surface area contributed by atoms with Gasteiger partial charge in [-0.15, -0.1) is 0 Å². The minimum absolute atomic E-state index is 0.186. The molecule has 1 heterocycles. The molecule has 0 bridgehead atoms. The molecule has 26 heavy (non-hydrogen) atoms. The van der Waals surface area contributed by atoms with Crippen molar-refractivity contribution in [1.29, 1.82) is 5.26 Å². The van der Waals surface area contributed by atoms with Gasteiger partial charge in [0, 0.05) is 27.4 Å². The molecule has 0 aliphatic carbocycles. The fraction of sp³-hybridized carbons (Fsp3) is 0. The normalized spacial score (nSPS) is 10.8. The fourth-order valence-electron chi connectivity index (χ4n) is 2.95. The zero-order valence-corrected chi connectivity index (χ0v) is 14.8. The van der Waals surface area contributed by atoms with Crippen molar-refractivity contribution in [3.63, 3.8) is 0 Å². The molecule has 4 aromatic rings. The molecule has 0 spiro atoms. The van der Waals surface area contributed by atoms with Crippen molar-refractivity contribution in [2.24, 2.45) is 0 Å². The highest BCUT2D eigenvalue weighted by atomic mass is 35.5. The second-order valence-electron chi connectivity index (χ2n) is 5.74. The van der Waals surface area contributed by atoms with Crippen molar-refractivity contribution in [2.75, 3.05) is 5.32 Å². The number of nitrogens with zero attached hydrogens (tertiary/aromatic N) is 2. The average Bonchev–Trinajstić information content (AvgIpc) is 2.64. The molecule has 6 heteroatoms.